The molecule has 0 bridgehead atoms. The van der Waals surface area contributed by atoms with Crippen LogP contribution in [0.2, 0.25) is 0 Å². The zero-order valence-corrected chi connectivity index (χ0v) is 13.0. The molecule has 1 fully saturated rings. The molecule has 1 aliphatic rings. The van der Waals surface area contributed by atoms with Crippen LogP contribution in [0.4, 0.5) is 4.79 Å². The Morgan fingerprint density at radius 3 is 2.68 bits per heavy atom. The van der Waals surface area contributed by atoms with Crippen LogP contribution in [-0.2, 0) is 7.05 Å². The average Bonchev–Trinajstić information content (AvgIpc) is 2.90. The molecule has 2 amide bonds. The third-order valence-electron chi connectivity index (χ3n) is 4.32. The van der Waals surface area contributed by atoms with E-state index in [0.29, 0.717) is 5.92 Å². The maximum atomic E-state index is 12.0. The van der Waals surface area contributed by atoms with Gasteiger partial charge in [0.05, 0.1) is 12.2 Å². The highest BCUT2D eigenvalue weighted by molar-refractivity contribution is 5.74. The highest BCUT2D eigenvalue weighted by Gasteiger charge is 2.31. The number of urea groups is 1. The van der Waals surface area contributed by atoms with Crippen molar-refractivity contribution in [3.63, 3.8) is 0 Å². The van der Waals surface area contributed by atoms with Crippen LogP contribution in [0.15, 0.2) is 42.7 Å². The van der Waals surface area contributed by atoms with Crippen LogP contribution >= 0.6 is 0 Å². The highest BCUT2D eigenvalue weighted by atomic mass is 16.2. The minimum absolute atomic E-state index is 0.0429. The van der Waals surface area contributed by atoms with Gasteiger partial charge in [-0.1, -0.05) is 30.3 Å². The molecule has 2 aromatic rings. The van der Waals surface area contributed by atoms with E-state index in [1.165, 1.54) is 5.56 Å². The van der Waals surface area contributed by atoms with E-state index < -0.39 is 0 Å². The van der Waals surface area contributed by atoms with Gasteiger partial charge >= 0.3 is 6.03 Å². The molecule has 0 radical (unpaired) electrons. The summed E-state index contributed by atoms with van der Waals surface area (Å²) in [4.78, 5) is 12.0. The molecule has 5 heteroatoms. The van der Waals surface area contributed by atoms with E-state index in [1.54, 1.807) is 10.9 Å². The van der Waals surface area contributed by atoms with Crippen LogP contribution in [0.3, 0.4) is 0 Å². The topological polar surface area (TPSA) is 59.0 Å². The van der Waals surface area contributed by atoms with Gasteiger partial charge < -0.3 is 10.6 Å². The number of rotatable bonds is 4. The van der Waals surface area contributed by atoms with Crippen molar-refractivity contribution in [1.29, 1.82) is 0 Å². The van der Waals surface area contributed by atoms with Crippen molar-refractivity contribution in [3.8, 4) is 0 Å². The smallest absolute Gasteiger partial charge is 0.315 e. The lowest BCUT2D eigenvalue weighted by Crippen LogP contribution is -2.48. The van der Waals surface area contributed by atoms with Crippen molar-refractivity contribution >= 4 is 6.03 Å². The lowest BCUT2D eigenvalue weighted by molar-refractivity contribution is 0.220. The fraction of sp³-hybridized carbons (Fsp3) is 0.412. The Labute approximate surface area is 130 Å². The molecular weight excluding hydrogens is 276 g/mol. The molecule has 22 heavy (non-hydrogen) atoms. The molecule has 5 nitrogen and oxygen atoms in total. The van der Waals surface area contributed by atoms with Gasteiger partial charge in [0.1, 0.15) is 0 Å². The van der Waals surface area contributed by atoms with Crippen molar-refractivity contribution in [2.45, 2.75) is 37.8 Å². The van der Waals surface area contributed by atoms with Crippen LogP contribution in [0.1, 0.15) is 42.9 Å². The van der Waals surface area contributed by atoms with Gasteiger partial charge in [-0.25, -0.2) is 4.79 Å². The third-order valence-corrected chi connectivity index (χ3v) is 4.32. The second-order valence-electron chi connectivity index (χ2n) is 6.06. The molecule has 1 atom stereocenters. The first kappa shape index (κ1) is 14.6. The fourth-order valence-electron chi connectivity index (χ4n) is 2.90. The summed E-state index contributed by atoms with van der Waals surface area (Å²) in [7, 11) is 1.87. The predicted molar refractivity (Wildman–Crippen MR) is 85.5 cm³/mol. The Balaban J connectivity index is 1.44. The van der Waals surface area contributed by atoms with Crippen LogP contribution in [0, 0.1) is 0 Å². The number of amides is 2. The standard InChI is InChI=1S/C17H22N4O/c1-12(15-10-18-21(2)11-15)19-17(22)20-16-8-14(9-16)13-6-4-3-5-7-13/h3-7,10-12,14,16H,8-9H2,1-2H3,(H2,19,20,22)/t12-,14?,16?/m0/s1. The largest absolute Gasteiger partial charge is 0.335 e. The van der Waals surface area contributed by atoms with Crippen LogP contribution in [0.5, 0.6) is 0 Å². The normalized spacial score (nSPS) is 21.7. The zero-order valence-electron chi connectivity index (χ0n) is 13.0. The molecular formula is C17H22N4O. The molecule has 2 N–H and O–H groups in total. The average molecular weight is 298 g/mol. The highest BCUT2D eigenvalue weighted by Crippen LogP contribution is 2.36. The molecule has 116 valence electrons. The van der Waals surface area contributed by atoms with Gasteiger partial charge in [0, 0.05) is 24.8 Å². The summed E-state index contributed by atoms with van der Waals surface area (Å²) < 4.78 is 1.74. The predicted octanol–water partition coefficient (Wildman–Crippen LogP) is 2.73. The Morgan fingerprint density at radius 1 is 1.32 bits per heavy atom. The fourth-order valence-corrected chi connectivity index (χ4v) is 2.90. The number of hydrogen-bond acceptors (Lipinski definition) is 2. The van der Waals surface area contributed by atoms with Gasteiger partial charge in [0.2, 0.25) is 0 Å². The number of nitrogens with zero attached hydrogens (tertiary/aromatic N) is 2. The Kier molecular flexibility index (Phi) is 4.13. The molecule has 1 heterocycles. The van der Waals surface area contributed by atoms with Crippen molar-refractivity contribution in [2.24, 2.45) is 7.05 Å². The minimum Gasteiger partial charge on any atom is -0.335 e. The van der Waals surface area contributed by atoms with Crippen molar-refractivity contribution in [1.82, 2.24) is 20.4 Å². The quantitative estimate of drug-likeness (QED) is 0.912. The van der Waals surface area contributed by atoms with Gasteiger partial charge in [0.15, 0.2) is 0 Å². The zero-order chi connectivity index (χ0) is 15.5. The number of aryl methyl sites for hydroxylation is 1. The summed E-state index contributed by atoms with van der Waals surface area (Å²) in [5.41, 5.74) is 2.37. The third kappa shape index (κ3) is 3.30. The van der Waals surface area contributed by atoms with E-state index in [0.717, 1.165) is 18.4 Å². The van der Waals surface area contributed by atoms with E-state index in [9.17, 15) is 4.79 Å². The van der Waals surface area contributed by atoms with Crippen molar-refractivity contribution in [2.75, 3.05) is 0 Å². The Morgan fingerprint density at radius 2 is 2.05 bits per heavy atom. The maximum absolute atomic E-state index is 12.0. The van der Waals surface area contributed by atoms with Crippen molar-refractivity contribution in [3.05, 3.63) is 53.9 Å². The summed E-state index contributed by atoms with van der Waals surface area (Å²) in [6.07, 6.45) is 5.72. The Bertz CT molecular complexity index is 631. The summed E-state index contributed by atoms with van der Waals surface area (Å²) in [6, 6.07) is 10.6. The SMILES string of the molecule is C[C@H](NC(=O)NC1CC(c2ccccc2)C1)c1cnn(C)c1. The molecule has 1 aliphatic carbocycles. The summed E-state index contributed by atoms with van der Waals surface area (Å²) in [6.45, 7) is 1.96. The van der Waals surface area contributed by atoms with Gasteiger partial charge in [0.25, 0.3) is 0 Å². The minimum atomic E-state index is -0.104. The van der Waals surface area contributed by atoms with Gasteiger partial charge in [-0.05, 0) is 31.2 Å². The summed E-state index contributed by atoms with van der Waals surface area (Å²) >= 11 is 0. The second kappa shape index (κ2) is 6.22. The van der Waals surface area contributed by atoms with Crippen molar-refractivity contribution < 1.29 is 4.79 Å². The van der Waals surface area contributed by atoms with Crippen LogP contribution in [-0.4, -0.2) is 21.9 Å². The van der Waals surface area contributed by atoms with Crippen LogP contribution < -0.4 is 10.6 Å². The van der Waals surface area contributed by atoms with E-state index in [1.807, 2.05) is 26.2 Å². The van der Waals surface area contributed by atoms with Gasteiger partial charge in [-0.2, -0.15) is 5.10 Å². The first-order valence-corrected chi connectivity index (χ1v) is 7.72. The summed E-state index contributed by atoms with van der Waals surface area (Å²) in [5.74, 6) is 0.572. The summed E-state index contributed by atoms with van der Waals surface area (Å²) in [5, 5.41) is 10.1. The molecule has 3 rings (SSSR count). The lowest BCUT2D eigenvalue weighted by atomic mass is 9.76. The van der Waals surface area contributed by atoms with Gasteiger partial charge in [-0.15, -0.1) is 0 Å². The van der Waals surface area contributed by atoms with E-state index in [2.05, 4.69) is 40.0 Å². The molecule has 0 aliphatic heterocycles. The monoisotopic (exact) mass is 298 g/mol. The number of hydrogen-bond donors (Lipinski definition) is 2. The molecule has 0 spiro atoms. The van der Waals surface area contributed by atoms with E-state index >= 15 is 0 Å². The number of carbonyl (C=O) groups excluding carboxylic acids is 1. The number of aromatic nitrogens is 2. The lowest BCUT2D eigenvalue weighted by Gasteiger charge is -2.36. The molecule has 1 aromatic carbocycles. The number of nitrogens with one attached hydrogen (secondary N) is 2. The van der Waals surface area contributed by atoms with Gasteiger partial charge in [-0.3, -0.25) is 4.68 Å². The number of benzene rings is 1. The number of carbonyl (C=O) groups is 1. The molecule has 0 unspecified atom stereocenters. The van der Waals surface area contributed by atoms with Crippen LogP contribution in [0.25, 0.3) is 0 Å². The Hall–Kier alpha value is -2.30. The first-order valence-electron chi connectivity index (χ1n) is 7.72. The second-order valence-corrected chi connectivity index (χ2v) is 6.06. The van der Waals surface area contributed by atoms with E-state index in [-0.39, 0.29) is 18.1 Å². The molecule has 1 aromatic heterocycles. The first-order chi connectivity index (χ1) is 10.6. The van der Waals surface area contributed by atoms with E-state index in [4.69, 9.17) is 0 Å². The molecule has 1 saturated carbocycles. The molecule has 0 saturated heterocycles. The maximum Gasteiger partial charge on any atom is 0.315 e.